The van der Waals surface area contributed by atoms with E-state index in [-0.39, 0.29) is 12.1 Å². The van der Waals surface area contributed by atoms with E-state index in [1.807, 2.05) is 78.6 Å². The van der Waals surface area contributed by atoms with E-state index in [0.29, 0.717) is 23.8 Å². The van der Waals surface area contributed by atoms with Gasteiger partial charge in [-0.1, -0.05) is 36.4 Å². The lowest BCUT2D eigenvalue weighted by Gasteiger charge is -2.38. The van der Waals surface area contributed by atoms with Gasteiger partial charge in [-0.3, -0.25) is 19.4 Å². The zero-order chi connectivity index (χ0) is 28.7. The molecule has 1 unspecified atom stereocenters. The van der Waals surface area contributed by atoms with Crippen molar-refractivity contribution in [3.63, 3.8) is 0 Å². The molecular formula is C34H36N4O3. The summed E-state index contributed by atoms with van der Waals surface area (Å²) in [4.78, 5) is 33.3. The van der Waals surface area contributed by atoms with E-state index >= 15 is 0 Å². The van der Waals surface area contributed by atoms with Crippen molar-refractivity contribution in [2.75, 3.05) is 39.2 Å². The van der Waals surface area contributed by atoms with Gasteiger partial charge in [-0.25, -0.2) is 0 Å². The molecule has 0 saturated carbocycles. The summed E-state index contributed by atoms with van der Waals surface area (Å²) in [5, 5.41) is 0. The Morgan fingerprint density at radius 1 is 1.00 bits per heavy atom. The van der Waals surface area contributed by atoms with Crippen LogP contribution in [0.4, 0.5) is 5.69 Å². The Labute approximate surface area is 241 Å². The molecule has 2 atom stereocenters. The van der Waals surface area contributed by atoms with Gasteiger partial charge < -0.3 is 14.2 Å². The van der Waals surface area contributed by atoms with Gasteiger partial charge in [0.25, 0.3) is 5.91 Å². The molecule has 3 aromatic carbocycles. The van der Waals surface area contributed by atoms with Gasteiger partial charge in [0.1, 0.15) is 11.9 Å². The van der Waals surface area contributed by atoms with Crippen LogP contribution in [0.5, 0.6) is 5.75 Å². The number of likely N-dealkylation sites (tertiary alicyclic amines) is 1. The average molecular weight is 549 g/mol. The number of benzene rings is 3. The molecule has 0 aliphatic carbocycles. The normalized spacial score (nSPS) is 18.6. The minimum Gasteiger partial charge on any atom is -0.497 e. The molecule has 0 N–H and O–H groups in total. The van der Waals surface area contributed by atoms with Crippen LogP contribution in [0.25, 0.3) is 11.1 Å². The van der Waals surface area contributed by atoms with Gasteiger partial charge >= 0.3 is 0 Å². The zero-order valence-corrected chi connectivity index (χ0v) is 24.1. The van der Waals surface area contributed by atoms with Crippen molar-refractivity contribution < 1.29 is 14.3 Å². The number of carbonyl (C=O) groups excluding carboxylic acids is 2. The molecule has 4 aromatic rings. The van der Waals surface area contributed by atoms with Crippen molar-refractivity contribution in [1.82, 2.24) is 14.4 Å². The largest absolute Gasteiger partial charge is 0.497 e. The number of anilines is 1. The van der Waals surface area contributed by atoms with Crippen LogP contribution in [-0.4, -0.2) is 66.9 Å². The smallest absolute Gasteiger partial charge is 0.259 e. The monoisotopic (exact) mass is 548 g/mol. The predicted octanol–water partition coefficient (Wildman–Crippen LogP) is 5.63. The molecule has 6 rings (SSSR count). The van der Waals surface area contributed by atoms with Crippen LogP contribution in [0.1, 0.15) is 50.3 Å². The Bertz CT molecular complexity index is 1610. The van der Waals surface area contributed by atoms with E-state index in [4.69, 9.17) is 4.74 Å². The van der Waals surface area contributed by atoms with Gasteiger partial charge in [-0.05, 0) is 92.2 Å². The van der Waals surface area contributed by atoms with Crippen molar-refractivity contribution in [2.24, 2.45) is 0 Å². The predicted molar refractivity (Wildman–Crippen MR) is 162 cm³/mol. The average Bonchev–Trinajstić information content (AvgIpc) is 3.61. The summed E-state index contributed by atoms with van der Waals surface area (Å²) in [7, 11) is 5.89. The summed E-state index contributed by atoms with van der Waals surface area (Å²) in [6.07, 6.45) is 1.58. The summed E-state index contributed by atoms with van der Waals surface area (Å²) >= 11 is 0. The first kappa shape index (κ1) is 27.0. The molecule has 2 aliphatic heterocycles. The molecular weight excluding hydrogens is 512 g/mol. The molecule has 7 heteroatoms. The SMILES string of the molecule is COc1cccc(-c2ccc(C(=O)N3c4ccccc4Cn4c(C=O)ccc4C3N3CC[C@@H](N(C)C)C3)cc2C)c1. The van der Waals surface area contributed by atoms with Crippen LogP contribution >= 0.6 is 0 Å². The van der Waals surface area contributed by atoms with Crippen molar-refractivity contribution in [3.05, 3.63) is 107 Å². The maximum atomic E-state index is 14.7. The second kappa shape index (κ2) is 11.0. The highest BCUT2D eigenvalue weighted by Crippen LogP contribution is 2.40. The number of rotatable bonds is 6. The number of hydrogen-bond acceptors (Lipinski definition) is 5. The van der Waals surface area contributed by atoms with Gasteiger partial charge in [0.2, 0.25) is 0 Å². The molecule has 1 aromatic heterocycles. The number of aldehydes is 1. The Balaban J connectivity index is 1.47. The number of nitrogens with zero attached hydrogens (tertiary/aromatic N) is 4. The van der Waals surface area contributed by atoms with Crippen LogP contribution in [-0.2, 0) is 6.54 Å². The van der Waals surface area contributed by atoms with Gasteiger partial charge in [0, 0.05) is 24.7 Å². The minimum atomic E-state index is -0.344. The van der Waals surface area contributed by atoms with Crippen LogP contribution < -0.4 is 9.64 Å². The quantitative estimate of drug-likeness (QED) is 0.293. The summed E-state index contributed by atoms with van der Waals surface area (Å²) in [6.45, 7) is 4.27. The minimum absolute atomic E-state index is 0.0571. The fraction of sp³-hybridized carbons (Fsp3) is 0.294. The van der Waals surface area contributed by atoms with E-state index in [2.05, 4.69) is 40.6 Å². The standard InChI is InChI=1S/C34H36N4O3/c1-23-18-25(12-14-30(23)24-9-7-10-29(19-24)41-4)34(40)38-31-11-6-5-8-26(31)20-37-28(22-39)13-15-32(37)33(38)36-17-16-27(21-36)35(2)3/h5-15,18-19,22,27,33H,16-17,20-21H2,1-4H3/t27-,33?/m1/s1. The van der Waals surface area contributed by atoms with Gasteiger partial charge in [-0.2, -0.15) is 0 Å². The number of likely N-dealkylation sites (N-methyl/N-ethyl adjacent to an activating group) is 1. The van der Waals surface area contributed by atoms with Crippen LogP contribution in [0.2, 0.25) is 0 Å². The van der Waals surface area contributed by atoms with Crippen molar-refractivity contribution in [2.45, 2.75) is 32.1 Å². The lowest BCUT2D eigenvalue weighted by atomic mass is 9.97. The third-order valence-corrected chi connectivity index (χ3v) is 8.60. The molecule has 41 heavy (non-hydrogen) atoms. The van der Waals surface area contributed by atoms with E-state index in [0.717, 1.165) is 65.2 Å². The van der Waals surface area contributed by atoms with Gasteiger partial charge in [-0.15, -0.1) is 0 Å². The Morgan fingerprint density at radius 3 is 2.56 bits per heavy atom. The highest BCUT2D eigenvalue weighted by Gasteiger charge is 2.41. The second-order valence-electron chi connectivity index (χ2n) is 11.2. The number of carbonyl (C=O) groups is 2. The molecule has 1 amide bonds. The number of hydrogen-bond donors (Lipinski definition) is 0. The fourth-order valence-electron chi connectivity index (χ4n) is 6.36. The molecule has 0 spiro atoms. The van der Waals surface area contributed by atoms with Crippen LogP contribution in [0.15, 0.2) is 78.9 Å². The Kier molecular flexibility index (Phi) is 7.24. The summed E-state index contributed by atoms with van der Waals surface area (Å²) in [6, 6.07) is 26.3. The maximum Gasteiger partial charge on any atom is 0.259 e. The fourth-order valence-corrected chi connectivity index (χ4v) is 6.36. The molecule has 1 saturated heterocycles. The first-order valence-corrected chi connectivity index (χ1v) is 14.1. The number of fused-ring (bicyclic) bond motifs is 2. The van der Waals surface area contributed by atoms with E-state index < -0.39 is 0 Å². The molecule has 2 aliphatic rings. The van der Waals surface area contributed by atoms with E-state index in [1.165, 1.54) is 0 Å². The molecule has 7 nitrogen and oxygen atoms in total. The molecule has 1 fully saturated rings. The number of methoxy groups -OCH3 is 1. The number of aromatic nitrogens is 1. The van der Waals surface area contributed by atoms with Crippen LogP contribution in [0.3, 0.4) is 0 Å². The van der Waals surface area contributed by atoms with Crippen molar-refractivity contribution in [3.8, 4) is 16.9 Å². The van der Waals surface area contributed by atoms with Crippen molar-refractivity contribution >= 4 is 17.9 Å². The summed E-state index contributed by atoms with van der Waals surface area (Å²) in [5.74, 6) is 0.740. The van der Waals surface area contributed by atoms with E-state index in [9.17, 15) is 9.59 Å². The number of aryl methyl sites for hydroxylation is 1. The van der Waals surface area contributed by atoms with Crippen LogP contribution in [0, 0.1) is 6.92 Å². The van der Waals surface area contributed by atoms with Gasteiger partial charge in [0.05, 0.1) is 30.7 Å². The third kappa shape index (κ3) is 4.85. The summed E-state index contributed by atoms with van der Waals surface area (Å²) < 4.78 is 7.51. The zero-order valence-electron chi connectivity index (χ0n) is 24.1. The topological polar surface area (TPSA) is 58.0 Å². The molecule has 0 bridgehead atoms. The number of ether oxygens (including phenoxy) is 1. The van der Waals surface area contributed by atoms with Gasteiger partial charge in [0.15, 0.2) is 6.29 Å². The highest BCUT2D eigenvalue weighted by atomic mass is 16.5. The summed E-state index contributed by atoms with van der Waals surface area (Å²) in [5.41, 5.74) is 7.23. The lowest BCUT2D eigenvalue weighted by molar-refractivity contribution is 0.0930. The highest BCUT2D eigenvalue weighted by molar-refractivity contribution is 6.07. The number of amides is 1. The van der Waals surface area contributed by atoms with Crippen molar-refractivity contribution in [1.29, 1.82) is 0 Å². The first-order chi connectivity index (χ1) is 19.9. The number of para-hydroxylation sites is 1. The van der Waals surface area contributed by atoms with E-state index in [1.54, 1.807) is 7.11 Å². The first-order valence-electron chi connectivity index (χ1n) is 14.1. The Morgan fingerprint density at radius 2 is 1.83 bits per heavy atom. The molecule has 0 radical (unpaired) electrons. The molecule has 3 heterocycles. The second-order valence-corrected chi connectivity index (χ2v) is 11.2. The lowest BCUT2D eigenvalue weighted by Crippen LogP contribution is -2.45. The third-order valence-electron chi connectivity index (χ3n) is 8.60. The molecule has 210 valence electrons. The maximum absolute atomic E-state index is 14.7. The Hall–Kier alpha value is -4.20.